The molecule has 0 aromatic heterocycles. The highest BCUT2D eigenvalue weighted by atomic mass is 16.6. The van der Waals surface area contributed by atoms with E-state index in [0.717, 1.165) is 51.4 Å². The van der Waals surface area contributed by atoms with E-state index in [1.165, 1.54) is 180 Å². The van der Waals surface area contributed by atoms with Crippen LogP contribution in [0.1, 0.15) is 258 Å². The van der Waals surface area contributed by atoms with Crippen molar-refractivity contribution in [2.24, 2.45) is 0 Å². The van der Waals surface area contributed by atoms with E-state index in [2.05, 4.69) is 50.3 Å². The molecule has 0 amide bonds. The number of aliphatic hydroxyl groups excluding tert-OH is 1. The minimum Gasteiger partial charge on any atom is -0.462 e. The Hall–Kier alpha value is -1.88. The molecule has 1 N–H and O–H groups in total. The van der Waals surface area contributed by atoms with E-state index in [1.54, 1.807) is 0 Å². The third kappa shape index (κ3) is 44.8. The first kappa shape index (κ1) is 54.1. The molecule has 1 atom stereocenters. The van der Waals surface area contributed by atoms with Crippen LogP contribution in [-0.2, 0) is 19.1 Å². The Labute approximate surface area is 348 Å². The molecule has 0 spiro atoms. The van der Waals surface area contributed by atoms with Crippen molar-refractivity contribution in [3.8, 4) is 0 Å². The Morgan fingerprint density at radius 3 is 1.07 bits per heavy atom. The number of hydrogen-bond donors (Lipinski definition) is 1. The fourth-order valence-corrected chi connectivity index (χ4v) is 7.21. The molecule has 5 heteroatoms. The maximum absolute atomic E-state index is 12.1. The Kier molecular flexibility index (Phi) is 45.9. The SMILES string of the molecule is CCCCCCC/C=C\C/C=C\C/C=C\CCCCCCCCCCCCCCCCCCCCCCCCC(=O)OC(CO)COC(=O)CCCCCCC. The van der Waals surface area contributed by atoms with Crippen LogP contribution < -0.4 is 0 Å². The highest BCUT2D eigenvalue weighted by molar-refractivity contribution is 5.70. The van der Waals surface area contributed by atoms with Crippen LogP contribution in [0.3, 0.4) is 0 Å². The topological polar surface area (TPSA) is 72.8 Å². The smallest absolute Gasteiger partial charge is 0.306 e. The van der Waals surface area contributed by atoms with Gasteiger partial charge in [-0.25, -0.2) is 0 Å². The van der Waals surface area contributed by atoms with Gasteiger partial charge in [0.2, 0.25) is 0 Å². The fourth-order valence-electron chi connectivity index (χ4n) is 7.21. The molecule has 0 aliphatic rings. The van der Waals surface area contributed by atoms with Gasteiger partial charge in [-0.15, -0.1) is 0 Å². The summed E-state index contributed by atoms with van der Waals surface area (Å²) in [4.78, 5) is 24.0. The Balaban J connectivity index is 3.34. The van der Waals surface area contributed by atoms with Gasteiger partial charge < -0.3 is 14.6 Å². The molecule has 0 aromatic rings. The maximum atomic E-state index is 12.1. The number of rotatable bonds is 45. The van der Waals surface area contributed by atoms with Crippen molar-refractivity contribution < 1.29 is 24.2 Å². The molecule has 56 heavy (non-hydrogen) atoms. The molecule has 0 aromatic carbocycles. The van der Waals surface area contributed by atoms with Crippen LogP contribution in [0.15, 0.2) is 36.5 Å². The zero-order valence-corrected chi connectivity index (χ0v) is 37.4. The molecule has 0 bridgehead atoms. The number of carbonyl (C=O) groups excluding carboxylic acids is 2. The summed E-state index contributed by atoms with van der Waals surface area (Å²) in [7, 11) is 0. The van der Waals surface area contributed by atoms with Gasteiger partial charge in [0.25, 0.3) is 0 Å². The summed E-state index contributed by atoms with van der Waals surface area (Å²) >= 11 is 0. The van der Waals surface area contributed by atoms with Gasteiger partial charge >= 0.3 is 11.9 Å². The van der Waals surface area contributed by atoms with Gasteiger partial charge in [0, 0.05) is 12.8 Å². The molecule has 1 unspecified atom stereocenters. The summed E-state index contributed by atoms with van der Waals surface area (Å²) < 4.78 is 10.5. The predicted octanol–water partition coefficient (Wildman–Crippen LogP) is 16.0. The van der Waals surface area contributed by atoms with E-state index < -0.39 is 6.10 Å². The lowest BCUT2D eigenvalue weighted by Crippen LogP contribution is -2.28. The second-order valence-corrected chi connectivity index (χ2v) is 16.5. The Bertz CT molecular complexity index is 893. The van der Waals surface area contributed by atoms with Gasteiger partial charge in [0.1, 0.15) is 6.61 Å². The fraction of sp³-hybridized carbons (Fsp3) is 0.843. The molecular formula is C51H94O5. The summed E-state index contributed by atoms with van der Waals surface area (Å²) in [6.07, 6.45) is 60.2. The predicted molar refractivity (Wildman–Crippen MR) is 242 cm³/mol. The Morgan fingerprint density at radius 1 is 0.411 bits per heavy atom. The maximum Gasteiger partial charge on any atom is 0.306 e. The van der Waals surface area contributed by atoms with Crippen LogP contribution in [0.2, 0.25) is 0 Å². The molecule has 5 nitrogen and oxygen atoms in total. The van der Waals surface area contributed by atoms with Crippen LogP contribution in [0.25, 0.3) is 0 Å². The van der Waals surface area contributed by atoms with Crippen molar-refractivity contribution in [2.45, 2.75) is 264 Å². The largest absolute Gasteiger partial charge is 0.462 e. The average Bonchev–Trinajstić information content (AvgIpc) is 3.20. The van der Waals surface area contributed by atoms with Crippen LogP contribution in [0.5, 0.6) is 0 Å². The average molecular weight is 787 g/mol. The first-order valence-electron chi connectivity index (χ1n) is 24.5. The highest BCUT2D eigenvalue weighted by Crippen LogP contribution is 2.16. The van der Waals surface area contributed by atoms with E-state index in [1.807, 2.05) is 0 Å². The standard InChI is InChI=1S/C51H94O5/c1-3-5-7-9-10-11-12-13-14-15-16-17-18-19-20-21-22-23-24-25-26-27-28-29-30-31-32-33-34-35-36-37-38-39-40-42-44-46-51(54)56-49(47-52)48-55-50(53)45-43-41-8-6-4-2/h12-13,15-16,18-19,49,52H,3-11,14,17,20-48H2,1-2H3/b13-12-,16-15-,19-18-. The third-order valence-corrected chi connectivity index (χ3v) is 10.9. The second-order valence-electron chi connectivity index (χ2n) is 16.5. The zero-order valence-electron chi connectivity index (χ0n) is 37.4. The third-order valence-electron chi connectivity index (χ3n) is 10.9. The minimum absolute atomic E-state index is 0.0627. The molecular weight excluding hydrogens is 693 g/mol. The van der Waals surface area contributed by atoms with E-state index in [9.17, 15) is 14.7 Å². The van der Waals surface area contributed by atoms with E-state index in [0.29, 0.717) is 12.8 Å². The molecule has 0 heterocycles. The van der Waals surface area contributed by atoms with Crippen LogP contribution >= 0.6 is 0 Å². The normalized spacial score (nSPS) is 12.4. The van der Waals surface area contributed by atoms with Crippen molar-refractivity contribution in [2.75, 3.05) is 13.2 Å². The molecule has 0 aliphatic heterocycles. The summed E-state index contributed by atoms with van der Waals surface area (Å²) in [6, 6.07) is 0. The van der Waals surface area contributed by atoms with Gasteiger partial charge in [-0.2, -0.15) is 0 Å². The number of aliphatic hydroxyl groups is 1. The first-order valence-corrected chi connectivity index (χ1v) is 24.5. The first-order chi connectivity index (χ1) is 27.6. The van der Waals surface area contributed by atoms with Crippen molar-refractivity contribution >= 4 is 11.9 Å². The van der Waals surface area contributed by atoms with Gasteiger partial charge in [-0.3, -0.25) is 9.59 Å². The van der Waals surface area contributed by atoms with Gasteiger partial charge in [0.05, 0.1) is 6.61 Å². The molecule has 328 valence electrons. The number of unbranched alkanes of at least 4 members (excludes halogenated alkanes) is 31. The van der Waals surface area contributed by atoms with Crippen molar-refractivity contribution in [1.29, 1.82) is 0 Å². The van der Waals surface area contributed by atoms with Gasteiger partial charge in [-0.05, 0) is 51.4 Å². The quantitative estimate of drug-likeness (QED) is 0.0378. The van der Waals surface area contributed by atoms with Crippen molar-refractivity contribution in [3.63, 3.8) is 0 Å². The zero-order chi connectivity index (χ0) is 40.7. The number of carbonyl (C=O) groups is 2. The number of allylic oxidation sites excluding steroid dienone is 6. The lowest BCUT2D eigenvalue weighted by atomic mass is 10.0. The van der Waals surface area contributed by atoms with E-state index in [-0.39, 0.29) is 25.2 Å². The number of ether oxygens (including phenoxy) is 2. The lowest BCUT2D eigenvalue weighted by molar-refractivity contribution is -0.161. The minimum atomic E-state index is -0.763. The number of esters is 2. The number of hydrogen-bond acceptors (Lipinski definition) is 5. The molecule has 0 saturated heterocycles. The summed E-state index contributed by atoms with van der Waals surface area (Å²) in [5, 5.41) is 9.49. The molecule has 0 fully saturated rings. The van der Waals surface area contributed by atoms with Crippen LogP contribution in [0.4, 0.5) is 0 Å². The Morgan fingerprint density at radius 2 is 0.714 bits per heavy atom. The van der Waals surface area contributed by atoms with Gasteiger partial charge in [0.15, 0.2) is 6.10 Å². The summed E-state index contributed by atoms with van der Waals surface area (Å²) in [5.41, 5.74) is 0. The van der Waals surface area contributed by atoms with Gasteiger partial charge in [-0.1, -0.05) is 230 Å². The van der Waals surface area contributed by atoms with E-state index in [4.69, 9.17) is 9.47 Å². The van der Waals surface area contributed by atoms with Crippen molar-refractivity contribution in [1.82, 2.24) is 0 Å². The highest BCUT2D eigenvalue weighted by Gasteiger charge is 2.16. The monoisotopic (exact) mass is 787 g/mol. The molecule has 0 aliphatic carbocycles. The van der Waals surface area contributed by atoms with Crippen molar-refractivity contribution in [3.05, 3.63) is 36.5 Å². The second kappa shape index (κ2) is 47.5. The molecule has 0 rings (SSSR count). The lowest BCUT2D eigenvalue weighted by Gasteiger charge is -2.15. The van der Waals surface area contributed by atoms with E-state index >= 15 is 0 Å². The van der Waals surface area contributed by atoms with Crippen LogP contribution in [0, 0.1) is 0 Å². The van der Waals surface area contributed by atoms with Crippen LogP contribution in [-0.4, -0.2) is 36.4 Å². The molecule has 0 saturated carbocycles. The summed E-state index contributed by atoms with van der Waals surface area (Å²) in [6.45, 7) is 4.05. The summed E-state index contributed by atoms with van der Waals surface area (Å²) in [5.74, 6) is -0.595. The molecule has 0 radical (unpaired) electrons.